The minimum atomic E-state index is -3.12. The van der Waals surface area contributed by atoms with Gasteiger partial charge in [0, 0.05) is 32.7 Å². The second-order valence-electron chi connectivity index (χ2n) is 5.21. The Morgan fingerprint density at radius 2 is 1.81 bits per heavy atom. The maximum Gasteiger partial charge on any atom is 0.211 e. The lowest BCUT2D eigenvalue weighted by molar-refractivity contribution is 0.0922. The quantitative estimate of drug-likeness (QED) is 0.857. The van der Waals surface area contributed by atoms with Crippen molar-refractivity contribution in [3.05, 3.63) is 35.4 Å². The normalized spacial score (nSPS) is 19.1. The van der Waals surface area contributed by atoms with Gasteiger partial charge in [0.05, 0.1) is 24.0 Å². The molecule has 0 aromatic heterocycles. The summed E-state index contributed by atoms with van der Waals surface area (Å²) in [5.41, 5.74) is 1.33. The maximum atomic E-state index is 11.4. The molecular formula is C14H19N3O3S. The molecule has 6 nitrogen and oxygen atoms in total. The van der Waals surface area contributed by atoms with Gasteiger partial charge in [-0.05, 0) is 17.7 Å². The van der Waals surface area contributed by atoms with Crippen LogP contribution in [0, 0.1) is 11.3 Å². The van der Waals surface area contributed by atoms with Gasteiger partial charge in [-0.3, -0.25) is 4.90 Å². The molecule has 1 aliphatic heterocycles. The van der Waals surface area contributed by atoms with Crippen LogP contribution in [0.1, 0.15) is 17.2 Å². The first-order valence-corrected chi connectivity index (χ1v) is 8.60. The van der Waals surface area contributed by atoms with Crippen molar-refractivity contribution in [3.8, 4) is 6.07 Å². The van der Waals surface area contributed by atoms with Crippen molar-refractivity contribution >= 4 is 10.0 Å². The van der Waals surface area contributed by atoms with Gasteiger partial charge in [0.2, 0.25) is 10.0 Å². The number of benzene rings is 1. The van der Waals surface area contributed by atoms with E-state index in [-0.39, 0.29) is 0 Å². The van der Waals surface area contributed by atoms with Gasteiger partial charge in [0.25, 0.3) is 0 Å². The van der Waals surface area contributed by atoms with Crippen molar-refractivity contribution in [2.24, 2.45) is 0 Å². The van der Waals surface area contributed by atoms with Crippen LogP contribution >= 0.6 is 0 Å². The molecule has 0 saturated carbocycles. The summed E-state index contributed by atoms with van der Waals surface area (Å²) in [5.74, 6) is 0. The topological polar surface area (TPSA) is 84.6 Å². The number of nitrogens with zero attached hydrogens (tertiary/aromatic N) is 3. The standard InChI is InChI=1S/C14H19N3O3S/c1-21(19,20)17-8-6-16(7-9-17)11-14(18)13-4-2-12(10-15)3-5-13/h2-5,14,18H,6-9,11H2,1H3. The van der Waals surface area contributed by atoms with Gasteiger partial charge in [-0.25, -0.2) is 8.42 Å². The molecule has 1 N–H and O–H groups in total. The molecular weight excluding hydrogens is 290 g/mol. The average molecular weight is 309 g/mol. The minimum Gasteiger partial charge on any atom is -0.387 e. The summed E-state index contributed by atoms with van der Waals surface area (Å²) >= 11 is 0. The van der Waals surface area contributed by atoms with Crippen LogP contribution in [0.25, 0.3) is 0 Å². The van der Waals surface area contributed by atoms with Crippen molar-refractivity contribution in [2.45, 2.75) is 6.10 Å². The summed E-state index contributed by atoms with van der Waals surface area (Å²) in [6.07, 6.45) is 0.580. The number of rotatable bonds is 4. The molecule has 0 amide bonds. The van der Waals surface area contributed by atoms with Crippen molar-refractivity contribution in [1.29, 1.82) is 5.26 Å². The van der Waals surface area contributed by atoms with Gasteiger partial charge in [-0.15, -0.1) is 0 Å². The molecule has 0 radical (unpaired) electrons. The molecule has 1 fully saturated rings. The average Bonchev–Trinajstić information content (AvgIpc) is 2.47. The Hall–Kier alpha value is -1.46. The van der Waals surface area contributed by atoms with Gasteiger partial charge in [0.1, 0.15) is 0 Å². The summed E-state index contributed by atoms with van der Waals surface area (Å²) in [5, 5.41) is 18.9. The first kappa shape index (κ1) is 15.9. The number of hydrogen-bond donors (Lipinski definition) is 1. The molecule has 0 aliphatic carbocycles. The second-order valence-corrected chi connectivity index (χ2v) is 7.19. The van der Waals surface area contributed by atoms with Gasteiger partial charge in [-0.1, -0.05) is 12.1 Å². The fourth-order valence-electron chi connectivity index (χ4n) is 2.37. The highest BCUT2D eigenvalue weighted by atomic mass is 32.2. The third-order valence-corrected chi connectivity index (χ3v) is 4.96. The third-order valence-electron chi connectivity index (χ3n) is 3.66. The Balaban J connectivity index is 1.89. The van der Waals surface area contributed by atoms with E-state index in [1.165, 1.54) is 10.6 Å². The highest BCUT2D eigenvalue weighted by Crippen LogP contribution is 2.16. The summed E-state index contributed by atoms with van der Waals surface area (Å²) in [4.78, 5) is 2.05. The van der Waals surface area contributed by atoms with E-state index in [4.69, 9.17) is 5.26 Å². The number of aliphatic hydroxyl groups is 1. The summed E-state index contributed by atoms with van der Waals surface area (Å²) in [7, 11) is -3.12. The summed E-state index contributed by atoms with van der Waals surface area (Å²) in [6, 6.07) is 8.89. The molecule has 1 heterocycles. The van der Waals surface area contributed by atoms with Crippen LogP contribution in [0.15, 0.2) is 24.3 Å². The lowest BCUT2D eigenvalue weighted by Gasteiger charge is -2.34. The van der Waals surface area contributed by atoms with Crippen LogP contribution in [-0.4, -0.2) is 61.7 Å². The monoisotopic (exact) mass is 309 g/mol. The Labute approximate surface area is 125 Å². The minimum absolute atomic E-state index is 0.457. The molecule has 1 saturated heterocycles. The Morgan fingerprint density at radius 3 is 2.29 bits per heavy atom. The SMILES string of the molecule is CS(=O)(=O)N1CCN(CC(O)c2ccc(C#N)cc2)CC1. The molecule has 114 valence electrons. The Morgan fingerprint density at radius 1 is 1.24 bits per heavy atom. The predicted octanol–water partition coefficient (Wildman–Crippen LogP) is 0.169. The largest absolute Gasteiger partial charge is 0.387 e. The van der Waals surface area contributed by atoms with E-state index in [0.717, 1.165) is 5.56 Å². The van der Waals surface area contributed by atoms with Gasteiger partial charge >= 0.3 is 0 Å². The number of sulfonamides is 1. The smallest absolute Gasteiger partial charge is 0.211 e. The van der Waals surface area contributed by atoms with Crippen molar-refractivity contribution in [1.82, 2.24) is 9.21 Å². The number of piperazine rings is 1. The molecule has 21 heavy (non-hydrogen) atoms. The van der Waals surface area contributed by atoms with E-state index >= 15 is 0 Å². The van der Waals surface area contributed by atoms with Crippen LogP contribution in [0.4, 0.5) is 0 Å². The molecule has 7 heteroatoms. The summed E-state index contributed by atoms with van der Waals surface area (Å²) < 4.78 is 24.3. The molecule has 0 spiro atoms. The number of β-amino-alcohol motifs (C(OH)–C–C–N with tert-alkyl or cyclic N) is 1. The zero-order valence-electron chi connectivity index (χ0n) is 11.9. The molecule has 1 aromatic rings. The third kappa shape index (κ3) is 4.25. The van der Waals surface area contributed by atoms with Gasteiger partial charge in [0.15, 0.2) is 0 Å². The number of hydrogen-bond acceptors (Lipinski definition) is 5. The number of nitriles is 1. The lowest BCUT2D eigenvalue weighted by Crippen LogP contribution is -2.49. The first-order chi connectivity index (χ1) is 9.90. The van der Waals surface area contributed by atoms with Crippen LogP contribution < -0.4 is 0 Å². The molecule has 1 atom stereocenters. The van der Waals surface area contributed by atoms with E-state index in [1.54, 1.807) is 24.3 Å². The molecule has 0 bridgehead atoms. The van der Waals surface area contributed by atoms with E-state index in [2.05, 4.69) is 0 Å². The summed E-state index contributed by atoms with van der Waals surface area (Å²) in [6.45, 7) is 2.60. The van der Waals surface area contributed by atoms with Crippen LogP contribution in [0.2, 0.25) is 0 Å². The fourth-order valence-corrected chi connectivity index (χ4v) is 3.20. The van der Waals surface area contributed by atoms with Crippen LogP contribution in [0.3, 0.4) is 0 Å². The molecule has 1 aliphatic rings. The van der Waals surface area contributed by atoms with E-state index in [0.29, 0.717) is 38.3 Å². The first-order valence-electron chi connectivity index (χ1n) is 6.76. The second kappa shape index (κ2) is 6.54. The van der Waals surface area contributed by atoms with E-state index < -0.39 is 16.1 Å². The fraction of sp³-hybridized carbons (Fsp3) is 0.500. The van der Waals surface area contributed by atoms with Crippen molar-refractivity contribution < 1.29 is 13.5 Å². The van der Waals surface area contributed by atoms with Crippen molar-refractivity contribution in [2.75, 3.05) is 39.0 Å². The highest BCUT2D eigenvalue weighted by Gasteiger charge is 2.24. The van der Waals surface area contributed by atoms with E-state index in [1.807, 2.05) is 11.0 Å². The van der Waals surface area contributed by atoms with Crippen molar-refractivity contribution in [3.63, 3.8) is 0 Å². The number of aliphatic hydroxyl groups excluding tert-OH is 1. The molecule has 2 rings (SSSR count). The van der Waals surface area contributed by atoms with Gasteiger partial charge < -0.3 is 5.11 Å². The van der Waals surface area contributed by atoms with Crippen LogP contribution in [-0.2, 0) is 10.0 Å². The Kier molecular flexibility index (Phi) is 4.96. The van der Waals surface area contributed by atoms with Gasteiger partial charge in [-0.2, -0.15) is 9.57 Å². The molecule has 1 unspecified atom stereocenters. The zero-order valence-corrected chi connectivity index (χ0v) is 12.8. The van der Waals surface area contributed by atoms with E-state index in [9.17, 15) is 13.5 Å². The predicted molar refractivity (Wildman–Crippen MR) is 79.0 cm³/mol. The Bertz CT molecular complexity index is 614. The molecule has 1 aromatic carbocycles. The van der Waals surface area contributed by atoms with Crippen LogP contribution in [0.5, 0.6) is 0 Å². The lowest BCUT2D eigenvalue weighted by atomic mass is 10.1. The zero-order chi connectivity index (χ0) is 15.5. The highest BCUT2D eigenvalue weighted by molar-refractivity contribution is 7.88. The maximum absolute atomic E-state index is 11.4.